The predicted molar refractivity (Wildman–Crippen MR) is 140 cm³/mol. The molecular weight excluding hydrogens is 456 g/mol. The molecule has 9 nitrogen and oxygen atoms in total. The van der Waals surface area contributed by atoms with Crippen LogP contribution in [0.2, 0.25) is 0 Å². The molecule has 0 aliphatic carbocycles. The number of nitrogens with one attached hydrogen (secondary N) is 1. The topological polar surface area (TPSA) is 123 Å². The molecule has 3 N–H and O–H groups in total. The molecule has 36 heavy (non-hydrogen) atoms. The zero-order chi connectivity index (χ0) is 27.0. The predicted octanol–water partition coefficient (Wildman–Crippen LogP) is 2.29. The zero-order valence-electron chi connectivity index (χ0n) is 22.5. The first-order valence-corrected chi connectivity index (χ1v) is 13.2. The van der Waals surface area contributed by atoms with Gasteiger partial charge < -0.3 is 20.9 Å². The van der Waals surface area contributed by atoms with Gasteiger partial charge in [-0.2, -0.15) is 5.26 Å². The summed E-state index contributed by atoms with van der Waals surface area (Å²) in [6.07, 6.45) is 2.24. The third-order valence-electron chi connectivity index (χ3n) is 7.05. The minimum Gasteiger partial charge on any atom is -0.355 e. The van der Waals surface area contributed by atoms with Crippen molar-refractivity contribution in [1.29, 1.82) is 5.26 Å². The Morgan fingerprint density at radius 3 is 2.39 bits per heavy atom. The van der Waals surface area contributed by atoms with Crippen LogP contribution in [0.4, 0.5) is 0 Å². The van der Waals surface area contributed by atoms with E-state index >= 15 is 0 Å². The Morgan fingerprint density at radius 1 is 1.19 bits per heavy atom. The average Bonchev–Trinajstić information content (AvgIpc) is 3.64. The monoisotopic (exact) mass is 498 g/mol. The van der Waals surface area contributed by atoms with E-state index < -0.39 is 12.1 Å². The van der Waals surface area contributed by atoms with E-state index in [1.54, 1.807) is 24.1 Å². The first kappa shape index (κ1) is 29.3. The fourth-order valence-electron chi connectivity index (χ4n) is 5.33. The van der Waals surface area contributed by atoms with Crippen molar-refractivity contribution in [2.75, 3.05) is 26.7 Å². The molecule has 3 amide bonds. The number of hydrogen-bond acceptors (Lipinski definition) is 6. The van der Waals surface area contributed by atoms with E-state index in [1.807, 2.05) is 56.6 Å². The molecular formula is C27H42N6O3. The SMILES string of the molecule is CC.CC.CNC(=O)c1ccc(C(C)N2C(=O)C3C[C@H]2CN3CC(N)C(=O)N2CCCC2C#N)cc1. The Balaban J connectivity index is 0.00000109. The first-order chi connectivity index (χ1) is 17.3. The third kappa shape index (κ3) is 5.88. The number of likely N-dealkylation sites (tertiary alicyclic amines) is 3. The summed E-state index contributed by atoms with van der Waals surface area (Å²) in [7, 11) is 1.59. The molecule has 0 saturated carbocycles. The quantitative estimate of drug-likeness (QED) is 0.620. The van der Waals surface area contributed by atoms with Crippen LogP contribution in [0.15, 0.2) is 24.3 Å². The second-order valence-electron chi connectivity index (χ2n) is 8.91. The summed E-state index contributed by atoms with van der Waals surface area (Å²) in [5, 5.41) is 11.8. The van der Waals surface area contributed by atoms with Gasteiger partial charge in [-0.25, -0.2) is 0 Å². The van der Waals surface area contributed by atoms with Gasteiger partial charge in [0.2, 0.25) is 11.8 Å². The molecule has 0 radical (unpaired) electrons. The van der Waals surface area contributed by atoms with Gasteiger partial charge in [0.05, 0.1) is 24.2 Å². The van der Waals surface area contributed by atoms with Gasteiger partial charge in [-0.1, -0.05) is 39.8 Å². The Bertz CT molecular complexity index is 944. The molecule has 2 bridgehead atoms. The highest BCUT2D eigenvalue weighted by Crippen LogP contribution is 2.38. The van der Waals surface area contributed by atoms with Crippen molar-refractivity contribution in [3.05, 3.63) is 35.4 Å². The molecule has 5 atom stereocenters. The molecule has 0 aromatic heterocycles. The Kier molecular flexibility index (Phi) is 10.9. The van der Waals surface area contributed by atoms with E-state index in [2.05, 4.69) is 11.4 Å². The van der Waals surface area contributed by atoms with Crippen molar-refractivity contribution in [3.63, 3.8) is 0 Å². The van der Waals surface area contributed by atoms with Crippen molar-refractivity contribution in [2.24, 2.45) is 5.73 Å². The first-order valence-electron chi connectivity index (χ1n) is 13.2. The van der Waals surface area contributed by atoms with Crippen LogP contribution in [-0.4, -0.2) is 83.3 Å². The lowest BCUT2D eigenvalue weighted by atomic mass is 10.0. The minimum absolute atomic E-state index is 0.0554. The lowest BCUT2D eigenvalue weighted by Crippen LogP contribution is -2.56. The van der Waals surface area contributed by atoms with Gasteiger partial charge in [-0.05, 0) is 43.9 Å². The number of nitrogens with zero attached hydrogens (tertiary/aromatic N) is 4. The van der Waals surface area contributed by atoms with E-state index in [0.717, 1.165) is 18.4 Å². The van der Waals surface area contributed by atoms with Gasteiger partial charge in [0, 0.05) is 38.3 Å². The molecule has 3 aliphatic rings. The van der Waals surface area contributed by atoms with Gasteiger partial charge >= 0.3 is 0 Å². The Morgan fingerprint density at radius 2 is 1.83 bits per heavy atom. The Labute approximate surface area is 215 Å². The third-order valence-corrected chi connectivity index (χ3v) is 7.05. The van der Waals surface area contributed by atoms with Crippen LogP contribution in [0.3, 0.4) is 0 Å². The van der Waals surface area contributed by atoms with E-state index in [1.165, 1.54) is 0 Å². The smallest absolute Gasteiger partial charge is 0.251 e. The summed E-state index contributed by atoms with van der Waals surface area (Å²) in [5.74, 6) is -0.289. The normalized spacial score (nSPS) is 24.2. The van der Waals surface area contributed by atoms with Crippen molar-refractivity contribution in [2.45, 2.75) is 84.1 Å². The molecule has 3 heterocycles. The number of nitrogens with two attached hydrogens (primary N) is 1. The van der Waals surface area contributed by atoms with E-state index in [0.29, 0.717) is 31.6 Å². The highest BCUT2D eigenvalue weighted by Gasteiger charge is 2.51. The van der Waals surface area contributed by atoms with E-state index in [-0.39, 0.29) is 35.8 Å². The van der Waals surface area contributed by atoms with Gasteiger partial charge in [0.15, 0.2) is 0 Å². The van der Waals surface area contributed by atoms with Crippen LogP contribution < -0.4 is 11.1 Å². The van der Waals surface area contributed by atoms with Crippen LogP contribution in [0.1, 0.15) is 75.8 Å². The molecule has 198 valence electrons. The van der Waals surface area contributed by atoms with Crippen LogP contribution in [0.25, 0.3) is 0 Å². The number of amides is 3. The molecule has 3 aliphatic heterocycles. The summed E-state index contributed by atoms with van der Waals surface area (Å²) >= 11 is 0. The van der Waals surface area contributed by atoms with Gasteiger partial charge in [-0.3, -0.25) is 19.3 Å². The maximum absolute atomic E-state index is 13.2. The lowest BCUT2D eigenvalue weighted by molar-refractivity contribution is -0.140. The molecule has 9 heteroatoms. The molecule has 1 aromatic rings. The molecule has 1 aromatic carbocycles. The average molecular weight is 499 g/mol. The van der Waals surface area contributed by atoms with Gasteiger partial charge in [0.1, 0.15) is 6.04 Å². The van der Waals surface area contributed by atoms with Crippen LogP contribution >= 0.6 is 0 Å². The zero-order valence-corrected chi connectivity index (χ0v) is 22.5. The second-order valence-corrected chi connectivity index (χ2v) is 8.91. The number of piperazine rings is 1. The second kappa shape index (κ2) is 13.4. The molecule has 0 spiro atoms. The lowest BCUT2D eigenvalue weighted by Gasteiger charge is -2.38. The fourth-order valence-corrected chi connectivity index (χ4v) is 5.33. The Hall–Kier alpha value is -2.96. The highest BCUT2D eigenvalue weighted by molar-refractivity contribution is 5.94. The maximum atomic E-state index is 13.2. The number of hydrogen-bond donors (Lipinski definition) is 2. The maximum Gasteiger partial charge on any atom is 0.251 e. The van der Waals surface area contributed by atoms with Crippen molar-refractivity contribution in [3.8, 4) is 6.07 Å². The van der Waals surface area contributed by atoms with Gasteiger partial charge in [0.25, 0.3) is 5.91 Å². The van der Waals surface area contributed by atoms with Crippen LogP contribution in [0, 0.1) is 11.3 Å². The largest absolute Gasteiger partial charge is 0.355 e. The minimum atomic E-state index is -0.737. The summed E-state index contributed by atoms with van der Waals surface area (Å²) in [5.41, 5.74) is 7.77. The number of benzene rings is 1. The molecule has 3 saturated heterocycles. The van der Waals surface area contributed by atoms with E-state index in [9.17, 15) is 19.6 Å². The number of nitriles is 1. The fraction of sp³-hybridized carbons (Fsp3) is 0.630. The highest BCUT2D eigenvalue weighted by atomic mass is 16.2. The van der Waals surface area contributed by atoms with Crippen LogP contribution in [-0.2, 0) is 9.59 Å². The summed E-state index contributed by atoms with van der Waals surface area (Å²) in [4.78, 5) is 43.2. The number of carbonyl (C=O) groups excluding carboxylic acids is 3. The van der Waals surface area contributed by atoms with Crippen LogP contribution in [0.5, 0.6) is 0 Å². The molecule has 4 rings (SSSR count). The van der Waals surface area contributed by atoms with Crippen molar-refractivity contribution in [1.82, 2.24) is 20.0 Å². The van der Waals surface area contributed by atoms with Gasteiger partial charge in [-0.15, -0.1) is 0 Å². The van der Waals surface area contributed by atoms with Crippen molar-refractivity contribution >= 4 is 17.7 Å². The van der Waals surface area contributed by atoms with E-state index in [4.69, 9.17) is 5.73 Å². The summed E-state index contributed by atoms with van der Waals surface area (Å²) < 4.78 is 0. The molecule has 3 fully saturated rings. The summed E-state index contributed by atoms with van der Waals surface area (Å²) in [6.45, 7) is 11.6. The molecule has 4 unspecified atom stereocenters. The number of fused-ring (bicyclic) bond motifs is 2. The summed E-state index contributed by atoms with van der Waals surface area (Å²) in [6, 6.07) is 8.08. The number of rotatable bonds is 6. The van der Waals surface area contributed by atoms with Crippen molar-refractivity contribution < 1.29 is 14.4 Å². The standard InChI is InChI=1S/C23H30N6O3.2C2H6/c1-14(15-5-7-16(8-6-15)21(30)26-2)29-18-10-20(23(29)32)27(12-18)13-19(25)22(31)28-9-3-4-17(28)11-24;2*1-2/h5-8,14,17-20H,3-4,9-10,12-13,25H2,1-2H3,(H,26,30);2*1-2H3/t14?,17?,18-,19?,20?;;/m0../s1. The number of carbonyl (C=O) groups is 3.